The summed E-state index contributed by atoms with van der Waals surface area (Å²) < 4.78 is 10.8. The molecule has 1 fully saturated rings. The fraction of sp³-hybridized carbons (Fsp3) is 0.889. The highest BCUT2D eigenvalue weighted by Gasteiger charge is 2.33. The third kappa shape index (κ3) is 3.56. The number of hydrogen-bond donors (Lipinski definition) is 3. The molecule has 0 radical (unpaired) electrons. The lowest BCUT2D eigenvalue weighted by atomic mass is 9.90. The van der Waals surface area contributed by atoms with Crippen molar-refractivity contribution in [2.45, 2.75) is 37.8 Å². The molecule has 0 unspecified atom stereocenters. The van der Waals surface area contributed by atoms with Gasteiger partial charge in [-0.2, -0.15) is 0 Å². The first-order chi connectivity index (χ1) is 7.32. The van der Waals surface area contributed by atoms with Crippen LogP contribution < -0.4 is 5.32 Å². The third-order valence-corrected chi connectivity index (χ3v) is 3.62. The third-order valence-electron chi connectivity index (χ3n) is 2.97. The Labute approximate surface area is 95.2 Å². The molecule has 0 aliphatic heterocycles. The Hall–Kier alpha value is -0.420. The summed E-state index contributed by atoms with van der Waals surface area (Å²) in [6.45, 7) is 0. The largest absolute Gasteiger partial charge is 0.413 e. The second-order valence-electron chi connectivity index (χ2n) is 4.42. The van der Waals surface area contributed by atoms with Crippen molar-refractivity contribution in [3.05, 3.63) is 0 Å². The Bertz CT molecular complexity index is 302. The molecule has 0 bridgehead atoms. The van der Waals surface area contributed by atoms with Gasteiger partial charge >= 0.3 is 13.2 Å². The van der Waals surface area contributed by atoms with Crippen LogP contribution in [0.25, 0.3) is 0 Å². The molecule has 0 heterocycles. The lowest BCUT2D eigenvalue weighted by Gasteiger charge is -2.36. The maximum atomic E-state index is 11.2. The predicted octanol–water partition coefficient (Wildman–Crippen LogP) is 0.746. The number of likely N-dealkylation sites (N-methyl/N-ethyl adjacent to an activating group) is 1. The predicted molar refractivity (Wildman–Crippen MR) is 60.3 cm³/mol. The molecule has 94 valence electrons. The van der Waals surface area contributed by atoms with E-state index < -0.39 is 13.2 Å². The summed E-state index contributed by atoms with van der Waals surface area (Å²) in [5.41, 5.74) is -1.16. The molecule has 0 spiro atoms. The molecule has 1 aliphatic carbocycles. The highest BCUT2D eigenvalue weighted by molar-refractivity contribution is 7.69. The molecular formula is C9H19N2O4P. The fourth-order valence-corrected chi connectivity index (χ4v) is 2.47. The standard InChI is InChI=1S/C9H19N2O4P/c1-11(2)8-6-4-3-5-7(8)10-9(12)16(13,14)15/h7-8H,3-6H2,1-2H3,(H,10,12)(H2,13,14,15)/t7-,8+/m1/s1. The quantitative estimate of drug-likeness (QED) is 0.643. The van der Waals surface area contributed by atoms with Gasteiger partial charge in [0.05, 0.1) is 0 Å². The van der Waals surface area contributed by atoms with E-state index in [-0.39, 0.29) is 12.1 Å². The van der Waals surface area contributed by atoms with Crippen molar-refractivity contribution >= 4 is 13.2 Å². The van der Waals surface area contributed by atoms with E-state index in [0.717, 1.165) is 25.7 Å². The van der Waals surface area contributed by atoms with Gasteiger partial charge in [-0.1, -0.05) is 12.8 Å². The molecule has 7 heteroatoms. The highest BCUT2D eigenvalue weighted by Crippen LogP contribution is 2.36. The molecule has 1 rings (SSSR count). The normalized spacial score (nSPS) is 26.8. The van der Waals surface area contributed by atoms with Gasteiger partial charge in [0.2, 0.25) is 0 Å². The molecule has 2 atom stereocenters. The van der Waals surface area contributed by atoms with E-state index in [1.54, 1.807) is 0 Å². The first kappa shape index (κ1) is 13.6. The van der Waals surface area contributed by atoms with Crippen LogP contribution >= 0.6 is 7.60 Å². The van der Waals surface area contributed by atoms with Crippen LogP contribution in [0.2, 0.25) is 0 Å². The number of carbonyl (C=O) groups is 1. The van der Waals surface area contributed by atoms with E-state index in [1.165, 1.54) is 0 Å². The van der Waals surface area contributed by atoms with Gasteiger partial charge in [0.15, 0.2) is 0 Å². The summed E-state index contributed by atoms with van der Waals surface area (Å²) in [5, 5.41) is 2.45. The van der Waals surface area contributed by atoms with Crippen molar-refractivity contribution < 1.29 is 19.1 Å². The maximum absolute atomic E-state index is 11.2. The highest BCUT2D eigenvalue weighted by atomic mass is 31.2. The van der Waals surface area contributed by atoms with Crippen molar-refractivity contribution in [1.29, 1.82) is 0 Å². The fourth-order valence-electron chi connectivity index (χ4n) is 2.14. The van der Waals surface area contributed by atoms with E-state index >= 15 is 0 Å². The Morgan fingerprint density at radius 1 is 1.31 bits per heavy atom. The molecule has 6 nitrogen and oxygen atoms in total. The Morgan fingerprint density at radius 3 is 2.38 bits per heavy atom. The Balaban J connectivity index is 2.63. The summed E-state index contributed by atoms with van der Waals surface area (Å²) in [4.78, 5) is 30.7. The molecule has 1 aliphatic rings. The van der Waals surface area contributed by atoms with Crippen LogP contribution in [0.5, 0.6) is 0 Å². The second-order valence-corrected chi connectivity index (χ2v) is 5.91. The first-order valence-corrected chi connectivity index (χ1v) is 6.96. The average Bonchev–Trinajstić information content (AvgIpc) is 2.16. The molecule has 0 aromatic rings. The van der Waals surface area contributed by atoms with Gasteiger partial charge in [0.25, 0.3) is 0 Å². The van der Waals surface area contributed by atoms with Gasteiger partial charge in [-0.05, 0) is 26.9 Å². The van der Waals surface area contributed by atoms with Crippen LogP contribution in [0.3, 0.4) is 0 Å². The van der Waals surface area contributed by atoms with Crippen molar-refractivity contribution in [3.8, 4) is 0 Å². The van der Waals surface area contributed by atoms with E-state index in [0.29, 0.717) is 0 Å². The van der Waals surface area contributed by atoms with Crippen molar-refractivity contribution in [2.75, 3.05) is 14.1 Å². The second kappa shape index (κ2) is 5.27. The molecular weight excluding hydrogens is 231 g/mol. The molecule has 16 heavy (non-hydrogen) atoms. The van der Waals surface area contributed by atoms with Crippen LogP contribution in [0.1, 0.15) is 25.7 Å². The molecule has 0 saturated heterocycles. The van der Waals surface area contributed by atoms with E-state index in [4.69, 9.17) is 9.79 Å². The summed E-state index contributed by atoms with van der Waals surface area (Å²) >= 11 is 0. The Kier molecular flexibility index (Phi) is 4.50. The lowest BCUT2D eigenvalue weighted by molar-refractivity contribution is 0.178. The zero-order valence-corrected chi connectivity index (χ0v) is 10.5. The van der Waals surface area contributed by atoms with Crippen molar-refractivity contribution in [3.63, 3.8) is 0 Å². The van der Waals surface area contributed by atoms with Crippen molar-refractivity contribution in [2.24, 2.45) is 0 Å². The summed E-state index contributed by atoms with van der Waals surface area (Å²) in [7, 11) is -0.830. The van der Waals surface area contributed by atoms with Gasteiger partial charge in [-0.3, -0.25) is 4.79 Å². The SMILES string of the molecule is CN(C)[C@H]1CCCC[C@H]1NC(=O)P(=O)(O)O. The number of rotatable bonds is 3. The number of hydrogen-bond acceptors (Lipinski definition) is 3. The number of carbonyl (C=O) groups excluding carboxylic acids is 1. The smallest absolute Gasteiger partial charge is 0.341 e. The minimum Gasteiger partial charge on any atom is -0.341 e. The zero-order valence-electron chi connectivity index (χ0n) is 9.59. The van der Waals surface area contributed by atoms with Gasteiger partial charge in [-0.15, -0.1) is 0 Å². The lowest BCUT2D eigenvalue weighted by Crippen LogP contribution is -2.50. The summed E-state index contributed by atoms with van der Waals surface area (Å²) in [6.07, 6.45) is 3.79. The van der Waals surface area contributed by atoms with Crippen LogP contribution in [0.4, 0.5) is 4.79 Å². The Morgan fingerprint density at radius 2 is 1.88 bits per heavy atom. The summed E-state index contributed by atoms with van der Waals surface area (Å²) in [6, 6.07) is -0.00637. The van der Waals surface area contributed by atoms with E-state index in [1.807, 2.05) is 19.0 Å². The zero-order chi connectivity index (χ0) is 12.3. The van der Waals surface area contributed by atoms with Crippen LogP contribution in [-0.4, -0.2) is 46.5 Å². The minimum atomic E-state index is -4.65. The summed E-state index contributed by atoms with van der Waals surface area (Å²) in [5.74, 6) is 0. The maximum Gasteiger partial charge on any atom is 0.413 e. The first-order valence-electron chi connectivity index (χ1n) is 5.35. The van der Waals surface area contributed by atoms with Crippen LogP contribution in [0.15, 0.2) is 0 Å². The van der Waals surface area contributed by atoms with E-state index in [2.05, 4.69) is 5.32 Å². The molecule has 1 saturated carbocycles. The topological polar surface area (TPSA) is 89.9 Å². The van der Waals surface area contributed by atoms with Gasteiger partial charge in [-0.25, -0.2) is 4.57 Å². The molecule has 3 N–H and O–H groups in total. The van der Waals surface area contributed by atoms with Crippen LogP contribution in [0, 0.1) is 0 Å². The van der Waals surface area contributed by atoms with Crippen molar-refractivity contribution in [1.82, 2.24) is 10.2 Å². The van der Waals surface area contributed by atoms with E-state index in [9.17, 15) is 9.36 Å². The average molecular weight is 250 g/mol. The van der Waals surface area contributed by atoms with Gasteiger partial charge in [0, 0.05) is 12.1 Å². The molecule has 1 amide bonds. The minimum absolute atomic E-state index is 0.157. The van der Waals surface area contributed by atoms with Crippen LogP contribution in [-0.2, 0) is 4.57 Å². The molecule has 0 aromatic carbocycles. The van der Waals surface area contributed by atoms with Gasteiger partial charge in [0.1, 0.15) is 0 Å². The van der Waals surface area contributed by atoms with Gasteiger partial charge < -0.3 is 20.0 Å². The number of nitrogens with zero attached hydrogens (tertiary/aromatic N) is 1. The number of nitrogens with one attached hydrogen (secondary N) is 1. The molecule has 0 aromatic heterocycles. The number of amides is 1. The monoisotopic (exact) mass is 250 g/mol.